The number of halogens is 1. The van der Waals surface area contributed by atoms with Crippen LogP contribution in [0, 0.1) is 3.57 Å². The van der Waals surface area contributed by atoms with Crippen molar-refractivity contribution >= 4 is 33.5 Å². The van der Waals surface area contributed by atoms with Crippen LogP contribution in [-0.2, 0) is 0 Å². The molecule has 0 aliphatic rings. The molecule has 0 bridgehead atoms. The third kappa shape index (κ3) is 1.58. The van der Waals surface area contributed by atoms with Crippen molar-refractivity contribution in [2.45, 2.75) is 0 Å². The molecule has 0 radical (unpaired) electrons. The molecule has 66 valence electrons. The molecule has 0 saturated heterocycles. The summed E-state index contributed by atoms with van der Waals surface area (Å²) in [5.41, 5.74) is 0.920. The Morgan fingerprint density at radius 2 is 2.15 bits per heavy atom. The number of hydrogen-bond acceptors (Lipinski definition) is 3. The average molecular weight is 286 g/mol. The van der Waals surface area contributed by atoms with Gasteiger partial charge in [0.05, 0.1) is 7.11 Å². The van der Waals surface area contributed by atoms with E-state index in [0.29, 0.717) is 5.88 Å². The molecule has 0 atom stereocenters. The Hall–Kier alpha value is -0.910. The minimum atomic E-state index is 0.550. The Morgan fingerprint density at radius 3 is 2.92 bits per heavy atom. The summed E-state index contributed by atoms with van der Waals surface area (Å²) >= 11 is 2.24. The van der Waals surface area contributed by atoms with E-state index in [1.807, 2.05) is 24.3 Å². The Kier molecular flexibility index (Phi) is 2.30. The van der Waals surface area contributed by atoms with E-state index in [1.165, 1.54) is 0 Å². The highest BCUT2D eigenvalue weighted by atomic mass is 127. The van der Waals surface area contributed by atoms with Gasteiger partial charge in [-0.1, -0.05) is 12.1 Å². The van der Waals surface area contributed by atoms with Crippen LogP contribution in [0.4, 0.5) is 0 Å². The predicted molar refractivity (Wildman–Crippen MR) is 58.8 cm³/mol. The number of aromatic nitrogens is 2. The summed E-state index contributed by atoms with van der Waals surface area (Å²) < 4.78 is 6.09. The molecule has 0 amide bonds. The molecule has 0 fully saturated rings. The number of benzene rings is 1. The molecule has 0 saturated carbocycles. The number of rotatable bonds is 1. The maximum absolute atomic E-state index is 4.99. The molecule has 3 nitrogen and oxygen atoms in total. The highest BCUT2D eigenvalue weighted by molar-refractivity contribution is 14.1. The first-order valence-corrected chi connectivity index (χ1v) is 4.85. The third-order valence-electron chi connectivity index (χ3n) is 1.75. The number of methoxy groups -OCH3 is 1. The molecule has 1 heterocycles. The maximum Gasteiger partial charge on any atom is 0.233 e. The van der Waals surface area contributed by atoms with E-state index in [-0.39, 0.29) is 0 Å². The van der Waals surface area contributed by atoms with Gasteiger partial charge in [0.15, 0.2) is 0 Å². The fraction of sp³-hybridized carbons (Fsp3) is 0.111. The average Bonchev–Trinajstić information content (AvgIpc) is 2.18. The summed E-state index contributed by atoms with van der Waals surface area (Å²) in [6.45, 7) is 0. The van der Waals surface area contributed by atoms with Crippen LogP contribution < -0.4 is 4.74 Å². The minimum Gasteiger partial charge on any atom is -0.480 e. The van der Waals surface area contributed by atoms with Gasteiger partial charge in [0.1, 0.15) is 5.52 Å². The molecule has 0 unspecified atom stereocenters. The van der Waals surface area contributed by atoms with E-state index >= 15 is 0 Å². The van der Waals surface area contributed by atoms with E-state index in [2.05, 4.69) is 32.8 Å². The Bertz CT molecular complexity index is 445. The zero-order chi connectivity index (χ0) is 9.26. The second-order valence-electron chi connectivity index (χ2n) is 2.56. The minimum absolute atomic E-state index is 0.550. The molecule has 4 heteroatoms. The number of nitrogens with zero attached hydrogens (tertiary/aromatic N) is 2. The first-order chi connectivity index (χ1) is 6.31. The Labute approximate surface area is 89.3 Å². The molecule has 0 aliphatic carbocycles. The van der Waals surface area contributed by atoms with Crippen molar-refractivity contribution in [1.29, 1.82) is 0 Å². The van der Waals surface area contributed by atoms with Gasteiger partial charge in [0.2, 0.25) is 5.88 Å². The maximum atomic E-state index is 4.99. The number of hydrogen-bond donors (Lipinski definition) is 0. The van der Waals surface area contributed by atoms with Crippen molar-refractivity contribution in [2.24, 2.45) is 0 Å². The van der Waals surface area contributed by atoms with Crippen molar-refractivity contribution in [3.63, 3.8) is 0 Å². The second-order valence-corrected chi connectivity index (χ2v) is 3.73. The summed E-state index contributed by atoms with van der Waals surface area (Å²) in [4.78, 5) is 0. The predicted octanol–water partition coefficient (Wildman–Crippen LogP) is 2.24. The molecule has 1 aromatic heterocycles. The van der Waals surface area contributed by atoms with Gasteiger partial charge in [-0.2, -0.15) is 0 Å². The lowest BCUT2D eigenvalue weighted by atomic mass is 10.2. The fourth-order valence-electron chi connectivity index (χ4n) is 1.11. The van der Waals surface area contributed by atoms with Crippen LogP contribution in [0.1, 0.15) is 0 Å². The first-order valence-electron chi connectivity index (χ1n) is 3.77. The second kappa shape index (κ2) is 3.45. The SMILES string of the molecule is COc1cc2cccc(I)c2nn1. The van der Waals surface area contributed by atoms with E-state index < -0.39 is 0 Å². The number of fused-ring (bicyclic) bond motifs is 1. The van der Waals surface area contributed by atoms with Gasteiger partial charge in [-0.15, -0.1) is 10.2 Å². The molecular formula is C9H7IN2O. The largest absolute Gasteiger partial charge is 0.480 e. The van der Waals surface area contributed by atoms with E-state index in [0.717, 1.165) is 14.5 Å². The van der Waals surface area contributed by atoms with Crippen LogP contribution in [0.25, 0.3) is 10.9 Å². The molecule has 0 N–H and O–H groups in total. The van der Waals surface area contributed by atoms with Crippen LogP contribution in [-0.4, -0.2) is 17.3 Å². The van der Waals surface area contributed by atoms with Gasteiger partial charge >= 0.3 is 0 Å². The standard InChI is InChI=1S/C9H7IN2O/c1-13-8-5-6-3-2-4-7(10)9(6)12-11-8/h2-5H,1H3. The van der Waals surface area contributed by atoms with Gasteiger partial charge in [0, 0.05) is 15.0 Å². The van der Waals surface area contributed by atoms with Crippen molar-refractivity contribution in [2.75, 3.05) is 7.11 Å². The molecule has 13 heavy (non-hydrogen) atoms. The van der Waals surface area contributed by atoms with E-state index in [4.69, 9.17) is 4.74 Å². The van der Waals surface area contributed by atoms with Gasteiger partial charge in [-0.25, -0.2) is 0 Å². The van der Waals surface area contributed by atoms with Crippen LogP contribution in [0.3, 0.4) is 0 Å². The van der Waals surface area contributed by atoms with Crippen LogP contribution in [0.2, 0.25) is 0 Å². The summed E-state index contributed by atoms with van der Waals surface area (Å²) in [7, 11) is 1.59. The van der Waals surface area contributed by atoms with E-state index in [9.17, 15) is 0 Å². The highest BCUT2D eigenvalue weighted by Gasteiger charge is 2.01. The molecule has 2 rings (SSSR count). The van der Waals surface area contributed by atoms with Crippen molar-refractivity contribution in [3.05, 3.63) is 27.8 Å². The fourth-order valence-corrected chi connectivity index (χ4v) is 1.74. The lowest BCUT2D eigenvalue weighted by Crippen LogP contribution is -1.91. The Balaban J connectivity index is 2.72. The molecule has 2 aromatic rings. The normalized spacial score (nSPS) is 10.3. The smallest absolute Gasteiger partial charge is 0.233 e. The van der Waals surface area contributed by atoms with E-state index in [1.54, 1.807) is 7.11 Å². The Morgan fingerprint density at radius 1 is 1.31 bits per heavy atom. The van der Waals surface area contributed by atoms with Crippen LogP contribution in [0.15, 0.2) is 24.3 Å². The van der Waals surface area contributed by atoms with Gasteiger partial charge in [0.25, 0.3) is 0 Å². The van der Waals surface area contributed by atoms with Crippen molar-refractivity contribution in [3.8, 4) is 5.88 Å². The molecule has 0 aliphatic heterocycles. The quantitative estimate of drug-likeness (QED) is 0.754. The summed E-state index contributed by atoms with van der Waals surface area (Å²) in [6, 6.07) is 7.87. The highest BCUT2D eigenvalue weighted by Crippen LogP contribution is 2.19. The molecule has 1 aromatic carbocycles. The first kappa shape index (κ1) is 8.68. The van der Waals surface area contributed by atoms with Crippen LogP contribution in [0.5, 0.6) is 5.88 Å². The van der Waals surface area contributed by atoms with Crippen molar-refractivity contribution < 1.29 is 4.74 Å². The lowest BCUT2D eigenvalue weighted by Gasteiger charge is -2.00. The number of ether oxygens (including phenoxy) is 1. The van der Waals surface area contributed by atoms with Gasteiger partial charge in [-0.05, 0) is 28.7 Å². The van der Waals surface area contributed by atoms with Crippen LogP contribution >= 0.6 is 22.6 Å². The zero-order valence-corrected chi connectivity index (χ0v) is 9.15. The summed E-state index contributed by atoms with van der Waals surface area (Å²) in [6.07, 6.45) is 0. The van der Waals surface area contributed by atoms with Crippen molar-refractivity contribution in [1.82, 2.24) is 10.2 Å². The summed E-state index contributed by atoms with van der Waals surface area (Å²) in [5, 5.41) is 9.03. The van der Waals surface area contributed by atoms with Gasteiger partial charge in [-0.3, -0.25) is 0 Å². The topological polar surface area (TPSA) is 35.0 Å². The van der Waals surface area contributed by atoms with Gasteiger partial charge < -0.3 is 4.74 Å². The third-order valence-corrected chi connectivity index (χ3v) is 2.63. The summed E-state index contributed by atoms with van der Waals surface area (Å²) in [5.74, 6) is 0.550. The lowest BCUT2D eigenvalue weighted by molar-refractivity contribution is 0.393. The molecule has 0 spiro atoms. The molecular weight excluding hydrogens is 279 g/mol. The zero-order valence-electron chi connectivity index (χ0n) is 6.99. The monoisotopic (exact) mass is 286 g/mol.